The van der Waals surface area contributed by atoms with Crippen LogP contribution in [-0.2, 0) is 24.6 Å². The zero-order valence-electron chi connectivity index (χ0n) is 18.7. The van der Waals surface area contributed by atoms with Gasteiger partial charge in [-0.3, -0.25) is 0 Å². The van der Waals surface area contributed by atoms with Gasteiger partial charge in [-0.25, -0.2) is 0 Å². The third kappa shape index (κ3) is 6.52. The van der Waals surface area contributed by atoms with Gasteiger partial charge in [-0.15, -0.1) is 10.2 Å². The Kier molecular flexibility index (Phi) is 8.10. The number of aliphatic hydroxyl groups is 1. The summed E-state index contributed by atoms with van der Waals surface area (Å²) < 4.78 is 46.7. The predicted molar refractivity (Wildman–Crippen MR) is 123 cm³/mol. The van der Waals surface area contributed by atoms with Crippen molar-refractivity contribution >= 4 is 11.3 Å². The Morgan fingerprint density at radius 1 is 1.03 bits per heavy atom. The van der Waals surface area contributed by atoms with Crippen LogP contribution in [0.2, 0.25) is 0 Å². The molecule has 0 amide bonds. The molecule has 0 saturated carbocycles. The number of nitrogens with two attached hydrogens (primary N) is 1. The number of benzene rings is 2. The predicted octanol–water partition coefficient (Wildman–Crippen LogP) is 5.35. The molecule has 1 heterocycles. The zero-order chi connectivity index (χ0) is 24.1. The summed E-state index contributed by atoms with van der Waals surface area (Å²) in [5.74, 6) is -0.227. The lowest BCUT2D eigenvalue weighted by Gasteiger charge is -2.17. The molecule has 9 heteroatoms. The number of aromatic nitrogens is 2. The van der Waals surface area contributed by atoms with E-state index < -0.39 is 17.3 Å². The Balaban J connectivity index is 1.72. The number of ether oxygens (including phenoxy) is 1. The van der Waals surface area contributed by atoms with E-state index in [0.717, 1.165) is 42.2 Å². The Bertz CT molecular complexity index is 1050. The van der Waals surface area contributed by atoms with E-state index in [1.54, 1.807) is 6.92 Å². The molecule has 2 aromatic carbocycles. The van der Waals surface area contributed by atoms with Crippen LogP contribution in [-0.4, -0.2) is 28.5 Å². The number of halogens is 3. The van der Waals surface area contributed by atoms with Crippen molar-refractivity contribution in [1.82, 2.24) is 10.2 Å². The van der Waals surface area contributed by atoms with Gasteiger partial charge in [0.05, 0.1) is 24.3 Å². The number of rotatable bonds is 10. The maximum Gasteiger partial charge on any atom is 0.419 e. The lowest BCUT2D eigenvalue weighted by Crippen LogP contribution is -2.36. The van der Waals surface area contributed by atoms with Gasteiger partial charge in [0, 0.05) is 12.0 Å². The number of unbranched alkanes of at least 4 members (excludes halogenated alkanes) is 1. The smallest absolute Gasteiger partial charge is 0.419 e. The minimum atomic E-state index is -4.59. The number of hydrogen-bond acceptors (Lipinski definition) is 6. The molecule has 0 aliphatic heterocycles. The van der Waals surface area contributed by atoms with Gasteiger partial charge in [-0.2, -0.15) is 13.2 Å². The zero-order valence-corrected chi connectivity index (χ0v) is 19.5. The van der Waals surface area contributed by atoms with E-state index in [4.69, 9.17) is 10.5 Å². The molecule has 3 rings (SSSR count). The Morgan fingerprint density at radius 3 is 2.30 bits per heavy atom. The molecule has 0 aliphatic rings. The summed E-state index contributed by atoms with van der Waals surface area (Å²) in [6, 6.07) is 11.9. The number of aryl methyl sites for hydroxylation is 1. The fourth-order valence-corrected chi connectivity index (χ4v) is 4.07. The first kappa shape index (κ1) is 25.1. The standard InChI is InChI=1S/C24H28F3N3O2S/c1-3-4-5-16-6-8-17(9-7-16)12-13-32-20-11-10-18(14-19(20)24(25,26)27)21-29-30-22(33-21)23(2,28)15-31/h6-11,14,31H,3-5,12-13,15,28H2,1-2H3. The van der Waals surface area contributed by atoms with Crippen LogP contribution in [0.15, 0.2) is 42.5 Å². The van der Waals surface area contributed by atoms with Gasteiger partial charge in [0.25, 0.3) is 0 Å². The summed E-state index contributed by atoms with van der Waals surface area (Å²) in [6.45, 7) is 3.49. The van der Waals surface area contributed by atoms with Crippen LogP contribution < -0.4 is 10.5 Å². The topological polar surface area (TPSA) is 81.3 Å². The fourth-order valence-electron chi connectivity index (χ4n) is 3.18. The lowest BCUT2D eigenvalue weighted by molar-refractivity contribution is -0.138. The second kappa shape index (κ2) is 10.6. The van der Waals surface area contributed by atoms with Crippen molar-refractivity contribution < 1.29 is 23.0 Å². The van der Waals surface area contributed by atoms with E-state index in [2.05, 4.69) is 29.3 Å². The first-order valence-electron chi connectivity index (χ1n) is 10.8. The highest BCUT2D eigenvalue weighted by Gasteiger charge is 2.35. The molecule has 0 fully saturated rings. The van der Waals surface area contributed by atoms with E-state index in [-0.39, 0.29) is 29.5 Å². The summed E-state index contributed by atoms with van der Waals surface area (Å²) in [5.41, 5.74) is 6.48. The molecule has 5 nitrogen and oxygen atoms in total. The summed E-state index contributed by atoms with van der Waals surface area (Å²) in [6.07, 6.45) is -0.805. The van der Waals surface area contributed by atoms with Crippen LogP contribution in [0.4, 0.5) is 13.2 Å². The van der Waals surface area contributed by atoms with Crippen LogP contribution in [0.25, 0.3) is 10.6 Å². The SMILES string of the molecule is CCCCc1ccc(CCOc2ccc(-c3nnc(C(C)(N)CO)s3)cc2C(F)(F)F)cc1. The van der Waals surface area contributed by atoms with Crippen molar-refractivity contribution in [2.45, 2.75) is 51.2 Å². The van der Waals surface area contributed by atoms with Crippen LogP contribution >= 0.6 is 11.3 Å². The minimum absolute atomic E-state index is 0.127. The van der Waals surface area contributed by atoms with Gasteiger partial charge >= 0.3 is 6.18 Å². The summed E-state index contributed by atoms with van der Waals surface area (Å²) >= 11 is 1.05. The molecule has 0 bridgehead atoms. The molecule has 0 spiro atoms. The molecule has 1 atom stereocenters. The van der Waals surface area contributed by atoms with E-state index in [1.165, 1.54) is 17.7 Å². The van der Waals surface area contributed by atoms with Crippen LogP contribution in [0.3, 0.4) is 0 Å². The van der Waals surface area contributed by atoms with Gasteiger partial charge in [0.15, 0.2) is 0 Å². The van der Waals surface area contributed by atoms with E-state index in [0.29, 0.717) is 11.4 Å². The van der Waals surface area contributed by atoms with Gasteiger partial charge < -0.3 is 15.6 Å². The quantitative estimate of drug-likeness (QED) is 0.410. The molecule has 3 N–H and O–H groups in total. The third-order valence-corrected chi connectivity index (χ3v) is 6.52. The Labute approximate surface area is 195 Å². The van der Waals surface area contributed by atoms with Gasteiger partial charge in [0.2, 0.25) is 0 Å². The fraction of sp³-hybridized carbons (Fsp3) is 0.417. The average molecular weight is 480 g/mol. The molecule has 1 aromatic heterocycles. The number of alkyl halides is 3. The lowest BCUT2D eigenvalue weighted by atomic mass is 10.1. The second-order valence-corrected chi connectivity index (χ2v) is 9.19. The normalized spacial score (nSPS) is 13.7. The molecule has 178 valence electrons. The molecule has 0 radical (unpaired) electrons. The van der Waals surface area contributed by atoms with E-state index >= 15 is 0 Å². The Hall–Kier alpha value is -2.49. The van der Waals surface area contributed by atoms with Crippen molar-refractivity contribution in [1.29, 1.82) is 0 Å². The highest BCUT2D eigenvalue weighted by molar-refractivity contribution is 7.14. The highest BCUT2D eigenvalue weighted by Crippen LogP contribution is 2.39. The summed E-state index contributed by atoms with van der Waals surface area (Å²) in [4.78, 5) is 0. The van der Waals surface area contributed by atoms with Crippen molar-refractivity contribution in [2.75, 3.05) is 13.2 Å². The van der Waals surface area contributed by atoms with Crippen LogP contribution in [0.5, 0.6) is 5.75 Å². The van der Waals surface area contributed by atoms with Gasteiger partial charge in [-0.05, 0) is 49.1 Å². The van der Waals surface area contributed by atoms with Gasteiger partial charge in [0.1, 0.15) is 15.8 Å². The highest BCUT2D eigenvalue weighted by atomic mass is 32.1. The number of aliphatic hydroxyl groups excluding tert-OH is 1. The van der Waals surface area contributed by atoms with Crippen molar-refractivity contribution in [3.63, 3.8) is 0 Å². The summed E-state index contributed by atoms with van der Waals surface area (Å²) in [5, 5.41) is 17.9. The average Bonchev–Trinajstić information content (AvgIpc) is 3.29. The minimum Gasteiger partial charge on any atom is -0.493 e. The molecule has 0 aliphatic carbocycles. The van der Waals surface area contributed by atoms with E-state index in [1.807, 2.05) is 12.1 Å². The van der Waals surface area contributed by atoms with Crippen molar-refractivity contribution in [2.24, 2.45) is 5.73 Å². The number of nitrogens with zero attached hydrogens (tertiary/aromatic N) is 2. The largest absolute Gasteiger partial charge is 0.493 e. The first-order chi connectivity index (χ1) is 15.6. The summed E-state index contributed by atoms with van der Waals surface area (Å²) in [7, 11) is 0. The van der Waals surface area contributed by atoms with Crippen molar-refractivity contribution in [3.8, 4) is 16.3 Å². The third-order valence-electron chi connectivity index (χ3n) is 5.26. The maximum atomic E-state index is 13.7. The van der Waals surface area contributed by atoms with Crippen LogP contribution in [0.1, 0.15) is 48.4 Å². The van der Waals surface area contributed by atoms with Gasteiger partial charge in [-0.1, -0.05) is 48.9 Å². The van der Waals surface area contributed by atoms with Crippen molar-refractivity contribution in [3.05, 3.63) is 64.2 Å². The molecule has 33 heavy (non-hydrogen) atoms. The van der Waals surface area contributed by atoms with E-state index in [9.17, 15) is 18.3 Å². The maximum absolute atomic E-state index is 13.7. The Morgan fingerprint density at radius 2 is 1.70 bits per heavy atom. The molecule has 0 saturated heterocycles. The molecular weight excluding hydrogens is 451 g/mol. The first-order valence-corrected chi connectivity index (χ1v) is 11.6. The van der Waals surface area contributed by atoms with Crippen LogP contribution in [0, 0.1) is 0 Å². The number of hydrogen-bond donors (Lipinski definition) is 2. The molecule has 3 aromatic rings. The molecule has 1 unspecified atom stereocenters. The molecular formula is C24H28F3N3O2S. The second-order valence-electron chi connectivity index (χ2n) is 8.22. The monoisotopic (exact) mass is 479 g/mol.